The lowest BCUT2D eigenvalue weighted by Gasteiger charge is -2.22. The van der Waals surface area contributed by atoms with Crippen molar-refractivity contribution in [2.45, 2.75) is 19.3 Å². The molecule has 0 saturated carbocycles. The van der Waals surface area contributed by atoms with Gasteiger partial charge in [0.05, 0.1) is 16.4 Å². The molecule has 2 heterocycles. The first-order chi connectivity index (χ1) is 18.6. The molecule has 9 nitrogen and oxygen atoms in total. The number of phenolic OH excluding ortho intramolecular Hbond substituents is 1. The largest absolute Gasteiger partial charge is 0.506 e. The van der Waals surface area contributed by atoms with Crippen LogP contribution in [0, 0.1) is 0 Å². The number of benzene rings is 2. The third-order valence-electron chi connectivity index (χ3n) is 6.14. The summed E-state index contributed by atoms with van der Waals surface area (Å²) >= 11 is 6.03. The first kappa shape index (κ1) is 27.9. The third kappa shape index (κ3) is 7.28. The van der Waals surface area contributed by atoms with Crippen LogP contribution in [0.1, 0.15) is 19.7 Å². The predicted molar refractivity (Wildman–Crippen MR) is 154 cm³/mol. The number of ether oxygens (including phenoxy) is 1. The van der Waals surface area contributed by atoms with E-state index in [0.29, 0.717) is 35.9 Å². The van der Waals surface area contributed by atoms with Crippen LogP contribution in [0.5, 0.6) is 11.5 Å². The van der Waals surface area contributed by atoms with Gasteiger partial charge in [0.15, 0.2) is 0 Å². The molecule has 0 fully saturated rings. The Kier molecular flexibility index (Phi) is 8.73. The van der Waals surface area contributed by atoms with Crippen LogP contribution in [-0.2, 0) is 5.41 Å². The van der Waals surface area contributed by atoms with Crippen molar-refractivity contribution in [1.29, 1.82) is 0 Å². The highest BCUT2D eigenvalue weighted by Gasteiger charge is 2.28. The summed E-state index contributed by atoms with van der Waals surface area (Å²) < 4.78 is 5.70. The van der Waals surface area contributed by atoms with Crippen molar-refractivity contribution >= 4 is 23.3 Å². The second-order valence-corrected chi connectivity index (χ2v) is 10.5. The number of phenols is 1. The van der Waals surface area contributed by atoms with Gasteiger partial charge in [-0.2, -0.15) is 0 Å². The zero-order chi connectivity index (χ0) is 28.0. The minimum Gasteiger partial charge on any atom is -0.506 e. The van der Waals surface area contributed by atoms with Gasteiger partial charge in [-0.1, -0.05) is 31.5 Å². The summed E-state index contributed by atoms with van der Waals surface area (Å²) in [7, 11) is 3.98. The number of halogens is 1. The van der Waals surface area contributed by atoms with Gasteiger partial charge in [0.25, 0.3) is 0 Å². The molecule has 2 aromatic carbocycles. The fourth-order valence-electron chi connectivity index (χ4n) is 3.83. The Hall–Kier alpha value is -4.08. The number of nitrogens with zero attached hydrogens (tertiary/aromatic N) is 3. The number of rotatable bonds is 10. The average Bonchev–Trinajstić information content (AvgIpc) is 3.37. The van der Waals surface area contributed by atoms with Crippen LogP contribution in [0.4, 0.5) is 10.5 Å². The number of aromatic amines is 1. The molecule has 0 aliphatic heterocycles. The van der Waals surface area contributed by atoms with Gasteiger partial charge in [0.2, 0.25) is 0 Å². The quantitative estimate of drug-likeness (QED) is 0.207. The van der Waals surface area contributed by atoms with Gasteiger partial charge in [-0.3, -0.25) is 4.98 Å². The van der Waals surface area contributed by atoms with E-state index >= 15 is 0 Å². The van der Waals surface area contributed by atoms with Gasteiger partial charge < -0.3 is 30.4 Å². The summed E-state index contributed by atoms with van der Waals surface area (Å²) in [5, 5.41) is 16.2. The van der Waals surface area contributed by atoms with E-state index in [1.807, 2.05) is 63.2 Å². The van der Waals surface area contributed by atoms with E-state index in [1.54, 1.807) is 36.7 Å². The van der Waals surface area contributed by atoms with Gasteiger partial charge in [-0.25, -0.2) is 9.78 Å². The number of aromatic hydroxyl groups is 1. The summed E-state index contributed by atoms with van der Waals surface area (Å²) in [6.45, 7) is 5.71. The fourth-order valence-corrected chi connectivity index (χ4v) is 3.95. The molecule has 4 aromatic rings. The maximum Gasteiger partial charge on any atom is 0.319 e. The summed E-state index contributed by atoms with van der Waals surface area (Å²) in [6, 6.07) is 15.7. The van der Waals surface area contributed by atoms with E-state index in [-0.39, 0.29) is 16.8 Å². The number of aromatic nitrogens is 3. The lowest BCUT2D eigenvalue weighted by molar-refractivity contribution is 0.249. The molecule has 4 rings (SSSR count). The lowest BCUT2D eigenvalue weighted by atomic mass is 9.92. The van der Waals surface area contributed by atoms with Gasteiger partial charge in [0, 0.05) is 47.7 Å². The Morgan fingerprint density at radius 2 is 1.79 bits per heavy atom. The molecule has 39 heavy (non-hydrogen) atoms. The molecule has 0 aliphatic carbocycles. The molecule has 10 heteroatoms. The standard InChI is InChI=1S/C29H33ClN6O3/c1-29(2,18-32-28(38)33-21-6-8-22(9-7-21)39-16-15-36(3)4)27-34-25(19-11-13-31-14-12-19)26(35-27)20-5-10-23(30)24(37)17-20/h5-14,17,37H,15-16,18H2,1-4H3,(H,34,35)(H2,32,33,38). The number of hydrogen-bond donors (Lipinski definition) is 4. The number of carbonyl (C=O) groups excluding carboxylic acids is 1. The Labute approximate surface area is 233 Å². The molecule has 0 radical (unpaired) electrons. The number of urea groups is 1. The van der Waals surface area contributed by atoms with Crippen molar-refractivity contribution in [2.75, 3.05) is 39.1 Å². The van der Waals surface area contributed by atoms with Crippen LogP contribution in [0.25, 0.3) is 22.5 Å². The average molecular weight is 549 g/mol. The molecule has 2 amide bonds. The Bertz CT molecular complexity index is 1400. The minimum atomic E-state index is -0.546. The zero-order valence-corrected chi connectivity index (χ0v) is 23.2. The highest BCUT2D eigenvalue weighted by Crippen LogP contribution is 2.36. The van der Waals surface area contributed by atoms with E-state index in [4.69, 9.17) is 21.3 Å². The van der Waals surface area contributed by atoms with Crippen LogP contribution < -0.4 is 15.4 Å². The number of H-pyrrole nitrogens is 1. The maximum atomic E-state index is 12.7. The number of likely N-dealkylation sites (N-methyl/N-ethyl adjacent to an activating group) is 1. The van der Waals surface area contributed by atoms with Crippen LogP contribution in [-0.4, -0.2) is 64.8 Å². The van der Waals surface area contributed by atoms with Crippen LogP contribution >= 0.6 is 11.6 Å². The number of carbonyl (C=O) groups is 1. The van der Waals surface area contributed by atoms with E-state index in [0.717, 1.165) is 23.6 Å². The molecular weight excluding hydrogens is 516 g/mol. The first-order valence-electron chi connectivity index (χ1n) is 12.5. The number of hydrogen-bond acceptors (Lipinski definition) is 6. The molecule has 0 bridgehead atoms. The van der Waals surface area contributed by atoms with Crippen molar-refractivity contribution in [1.82, 2.24) is 25.2 Å². The predicted octanol–water partition coefficient (Wildman–Crippen LogP) is 5.54. The second-order valence-electron chi connectivity index (χ2n) is 10.1. The van der Waals surface area contributed by atoms with Gasteiger partial charge in [0.1, 0.15) is 23.9 Å². The highest BCUT2D eigenvalue weighted by molar-refractivity contribution is 6.32. The number of anilines is 1. The van der Waals surface area contributed by atoms with Gasteiger partial charge >= 0.3 is 6.03 Å². The molecule has 0 unspecified atom stereocenters. The van der Waals surface area contributed by atoms with Crippen molar-refractivity contribution in [3.8, 4) is 34.0 Å². The number of amides is 2. The Morgan fingerprint density at radius 3 is 2.46 bits per heavy atom. The van der Waals surface area contributed by atoms with Crippen LogP contribution in [0.15, 0.2) is 67.0 Å². The molecule has 0 saturated heterocycles. The zero-order valence-electron chi connectivity index (χ0n) is 22.5. The minimum absolute atomic E-state index is 0.0230. The summed E-state index contributed by atoms with van der Waals surface area (Å²) in [5.41, 5.74) is 3.16. The van der Waals surface area contributed by atoms with Crippen molar-refractivity contribution in [2.24, 2.45) is 0 Å². The molecule has 0 aliphatic rings. The van der Waals surface area contributed by atoms with Gasteiger partial charge in [-0.15, -0.1) is 0 Å². The van der Waals surface area contributed by atoms with Crippen molar-refractivity contribution in [3.63, 3.8) is 0 Å². The number of pyridine rings is 1. The lowest BCUT2D eigenvalue weighted by Crippen LogP contribution is -2.39. The van der Waals surface area contributed by atoms with E-state index in [2.05, 4.69) is 20.6 Å². The molecular formula is C29H33ClN6O3. The highest BCUT2D eigenvalue weighted by atomic mass is 35.5. The van der Waals surface area contributed by atoms with Crippen molar-refractivity contribution < 1.29 is 14.6 Å². The Balaban J connectivity index is 1.46. The normalized spacial score (nSPS) is 11.4. The summed E-state index contributed by atoms with van der Waals surface area (Å²) in [6.07, 6.45) is 3.41. The number of nitrogens with one attached hydrogen (secondary N) is 3. The fraction of sp³-hybridized carbons (Fsp3) is 0.276. The van der Waals surface area contributed by atoms with Crippen molar-refractivity contribution in [3.05, 3.63) is 77.8 Å². The molecule has 0 atom stereocenters. The van der Waals surface area contributed by atoms with Crippen LogP contribution in [0.3, 0.4) is 0 Å². The SMILES string of the molecule is CN(C)CCOc1ccc(NC(=O)NCC(C)(C)c2nc(-c3ccc(Cl)c(O)c3)c(-c3ccncc3)[nH]2)cc1. The molecule has 4 N–H and O–H groups in total. The molecule has 2 aromatic heterocycles. The smallest absolute Gasteiger partial charge is 0.319 e. The summed E-state index contributed by atoms with van der Waals surface area (Å²) in [5.74, 6) is 1.40. The third-order valence-corrected chi connectivity index (χ3v) is 6.46. The van der Waals surface area contributed by atoms with E-state index in [9.17, 15) is 9.90 Å². The number of imidazole rings is 1. The van der Waals surface area contributed by atoms with E-state index in [1.165, 1.54) is 0 Å². The monoisotopic (exact) mass is 548 g/mol. The van der Waals surface area contributed by atoms with Gasteiger partial charge in [-0.05, 0) is 62.6 Å². The van der Waals surface area contributed by atoms with Crippen LogP contribution in [0.2, 0.25) is 5.02 Å². The topological polar surface area (TPSA) is 115 Å². The molecule has 204 valence electrons. The Morgan fingerprint density at radius 1 is 1.08 bits per heavy atom. The maximum absolute atomic E-state index is 12.7. The van der Waals surface area contributed by atoms with E-state index < -0.39 is 5.41 Å². The summed E-state index contributed by atoms with van der Waals surface area (Å²) in [4.78, 5) is 27.1. The second kappa shape index (κ2) is 12.2. The molecule has 0 spiro atoms. The first-order valence-corrected chi connectivity index (χ1v) is 12.9.